The molecule has 31 heavy (non-hydrogen) atoms. The summed E-state index contributed by atoms with van der Waals surface area (Å²) < 4.78 is 13.6. The van der Waals surface area contributed by atoms with Gasteiger partial charge in [0.15, 0.2) is 0 Å². The molecule has 9 heteroatoms. The third kappa shape index (κ3) is 6.62. The van der Waals surface area contributed by atoms with Gasteiger partial charge in [-0.3, -0.25) is 20.3 Å². The van der Waals surface area contributed by atoms with Crippen LogP contribution < -0.4 is 21.1 Å². The van der Waals surface area contributed by atoms with Crippen LogP contribution in [0.1, 0.15) is 29.7 Å². The number of nitrogens with two attached hydrogens (primary N) is 1. The Kier molecular flexibility index (Phi) is 8.69. The fourth-order valence-corrected chi connectivity index (χ4v) is 3.61. The van der Waals surface area contributed by atoms with Gasteiger partial charge < -0.3 is 15.2 Å². The molecule has 0 fully saturated rings. The lowest BCUT2D eigenvalue weighted by Crippen LogP contribution is -2.76. The Hall–Kier alpha value is -3.26. The number of amides is 1. The lowest BCUT2D eigenvalue weighted by molar-refractivity contribution is -0.468. The topological polar surface area (TPSA) is 126 Å². The predicted octanol–water partition coefficient (Wildman–Crippen LogP) is -0.556. The van der Waals surface area contributed by atoms with Crippen LogP contribution in [0.4, 0.5) is 4.39 Å². The number of nitrogens with one attached hydrogen (secondary N) is 2. The van der Waals surface area contributed by atoms with Crippen LogP contribution in [0.15, 0.2) is 42.5 Å². The Morgan fingerprint density at radius 3 is 2.65 bits per heavy atom. The average molecular weight is 448 g/mol. The fraction of sp³-hybridized carbons (Fsp3) is 0.273. The van der Waals surface area contributed by atoms with Crippen LogP contribution in [0.2, 0.25) is 5.02 Å². The summed E-state index contributed by atoms with van der Waals surface area (Å²) in [6.45, 7) is 1.85. The molecule has 0 saturated heterocycles. The summed E-state index contributed by atoms with van der Waals surface area (Å²) in [5, 5.41) is 11.1. The summed E-state index contributed by atoms with van der Waals surface area (Å²) in [6.07, 6.45) is 0.588. The minimum absolute atomic E-state index is 0.0226. The molecule has 2 atom stereocenters. The standard InChI is InChI=1S/C21H21ClFN3O2.CH2O2/c1-12(24)25-11-15-10-14-4-2-3-5-16(14)20(15)26-21(28)19(27)9-13-6-7-17(22)18(23)8-13;2-1-3/h2-8,15,20H,9-11H2,1H3,(H2,24,25)(H,26,28);1H,(H,2,3)/t15-,20-;/m1./s1. The highest BCUT2D eigenvalue weighted by molar-refractivity contribution is 6.36. The van der Waals surface area contributed by atoms with E-state index in [4.69, 9.17) is 27.2 Å². The van der Waals surface area contributed by atoms with Gasteiger partial charge in [-0.05, 0) is 35.2 Å². The van der Waals surface area contributed by atoms with Gasteiger partial charge in [-0.25, -0.2) is 4.39 Å². The first-order valence-corrected chi connectivity index (χ1v) is 9.88. The summed E-state index contributed by atoms with van der Waals surface area (Å²) in [6, 6.07) is 11.6. The Bertz CT molecular complexity index is 992. The van der Waals surface area contributed by atoms with Crippen molar-refractivity contribution < 1.29 is 28.9 Å². The fourth-order valence-electron chi connectivity index (χ4n) is 3.49. The van der Waals surface area contributed by atoms with Gasteiger partial charge in [-0.1, -0.05) is 41.9 Å². The van der Waals surface area contributed by atoms with Crippen LogP contribution in [-0.4, -0.2) is 30.5 Å². The van der Waals surface area contributed by atoms with Crippen molar-refractivity contribution in [3.63, 3.8) is 0 Å². The summed E-state index contributed by atoms with van der Waals surface area (Å²) in [7, 11) is 0. The monoisotopic (exact) mass is 447 g/mol. The maximum atomic E-state index is 13.6. The molecular formula is C22H23ClFN3O4. The van der Waals surface area contributed by atoms with Gasteiger partial charge in [-0.15, -0.1) is 0 Å². The van der Waals surface area contributed by atoms with Crippen LogP contribution in [0, 0.1) is 11.7 Å². The van der Waals surface area contributed by atoms with E-state index in [0.29, 0.717) is 17.9 Å². The quantitative estimate of drug-likeness (QED) is 0.237. The van der Waals surface area contributed by atoms with E-state index in [1.54, 1.807) is 6.92 Å². The van der Waals surface area contributed by atoms with Crippen molar-refractivity contribution in [3.8, 4) is 0 Å². The van der Waals surface area contributed by atoms with Gasteiger partial charge in [-0.2, -0.15) is 0 Å². The third-order valence-electron chi connectivity index (χ3n) is 4.88. The van der Waals surface area contributed by atoms with Gasteiger partial charge in [0.2, 0.25) is 11.6 Å². The maximum Gasteiger partial charge on any atom is 0.288 e. The molecule has 1 amide bonds. The number of fused-ring (bicyclic) bond motifs is 1. The number of rotatable bonds is 6. The zero-order valence-corrected chi connectivity index (χ0v) is 17.6. The first kappa shape index (κ1) is 24.0. The minimum atomic E-state index is -0.685. The van der Waals surface area contributed by atoms with Crippen LogP contribution in [0.25, 0.3) is 0 Å². The molecule has 2 aromatic rings. The first-order chi connectivity index (χ1) is 14.8. The van der Waals surface area contributed by atoms with E-state index in [1.165, 1.54) is 18.2 Å². The summed E-state index contributed by atoms with van der Waals surface area (Å²) in [5.41, 5.74) is 8.25. The van der Waals surface area contributed by atoms with Crippen molar-refractivity contribution >= 4 is 35.6 Å². The van der Waals surface area contributed by atoms with E-state index in [-0.39, 0.29) is 23.4 Å². The molecule has 0 radical (unpaired) electrons. The normalized spacial score (nSPS) is 17.2. The molecule has 0 unspecified atom stereocenters. The van der Waals surface area contributed by atoms with Crippen LogP contribution in [0.5, 0.6) is 0 Å². The Labute approximate surface area is 184 Å². The molecule has 0 aliphatic heterocycles. The molecule has 0 heterocycles. The smallest absolute Gasteiger partial charge is 0.288 e. The molecular weight excluding hydrogens is 425 g/mol. The van der Waals surface area contributed by atoms with Crippen molar-refractivity contribution in [1.82, 2.24) is 5.32 Å². The predicted molar refractivity (Wildman–Crippen MR) is 111 cm³/mol. The van der Waals surface area contributed by atoms with E-state index in [2.05, 4.69) is 10.3 Å². The van der Waals surface area contributed by atoms with Gasteiger partial charge in [0.25, 0.3) is 5.91 Å². The molecule has 0 saturated carbocycles. The van der Waals surface area contributed by atoms with Crippen molar-refractivity contribution in [2.75, 3.05) is 6.54 Å². The van der Waals surface area contributed by atoms with E-state index < -0.39 is 24.0 Å². The Balaban J connectivity index is 0.00000107. The Morgan fingerprint density at radius 2 is 2.00 bits per heavy atom. The third-order valence-corrected chi connectivity index (χ3v) is 5.18. The highest BCUT2D eigenvalue weighted by atomic mass is 35.5. The summed E-state index contributed by atoms with van der Waals surface area (Å²) >= 11 is 5.65. The van der Waals surface area contributed by atoms with E-state index in [1.807, 2.05) is 24.3 Å². The number of carbonyl (C=O) groups is 3. The number of halogens is 2. The van der Waals surface area contributed by atoms with Gasteiger partial charge in [0, 0.05) is 25.7 Å². The lowest BCUT2D eigenvalue weighted by atomic mass is 10.00. The number of hydrogen-bond acceptors (Lipinski definition) is 4. The summed E-state index contributed by atoms with van der Waals surface area (Å²) in [4.78, 5) is 36.3. The van der Waals surface area contributed by atoms with Crippen LogP contribution in [0.3, 0.4) is 0 Å². The second kappa shape index (κ2) is 11.2. The molecule has 1 aliphatic rings. The van der Waals surface area contributed by atoms with Crippen molar-refractivity contribution in [2.24, 2.45) is 11.7 Å². The number of carbonyl (C=O) groups excluding carboxylic acids is 3. The molecule has 4 N–H and O–H groups in total. The average Bonchev–Trinajstić information content (AvgIpc) is 3.07. The van der Waals surface area contributed by atoms with Crippen molar-refractivity contribution in [2.45, 2.75) is 25.8 Å². The number of ketones is 1. The molecule has 0 spiro atoms. The number of benzene rings is 2. The molecule has 7 nitrogen and oxygen atoms in total. The molecule has 1 aliphatic carbocycles. The first-order valence-electron chi connectivity index (χ1n) is 9.50. The molecule has 2 aromatic carbocycles. The maximum absolute atomic E-state index is 13.6. The van der Waals surface area contributed by atoms with Crippen LogP contribution >= 0.6 is 11.6 Å². The van der Waals surface area contributed by atoms with Gasteiger partial charge in [0.1, 0.15) is 5.82 Å². The largest absolute Gasteiger partial charge is 0.554 e. The van der Waals surface area contributed by atoms with Crippen molar-refractivity contribution in [3.05, 3.63) is 70.0 Å². The van der Waals surface area contributed by atoms with E-state index >= 15 is 0 Å². The number of amidine groups is 1. The van der Waals surface area contributed by atoms with Crippen molar-refractivity contribution in [1.29, 1.82) is 0 Å². The molecule has 0 aromatic heterocycles. The van der Waals surface area contributed by atoms with Gasteiger partial charge >= 0.3 is 0 Å². The molecule has 3 rings (SSSR count). The SMILES string of the molecule is CC(N)=[NH+]C[C@H]1Cc2ccccc2[C@@H]1NC(=O)C(=O)Cc1ccc(Cl)c(F)c1.O=C[O-]. The number of carboxylic acid groups (broad SMARTS) is 1. The zero-order chi connectivity index (χ0) is 23.0. The molecule has 0 bridgehead atoms. The second-order valence-electron chi connectivity index (χ2n) is 7.12. The van der Waals surface area contributed by atoms with E-state index in [9.17, 15) is 14.0 Å². The zero-order valence-electron chi connectivity index (χ0n) is 16.9. The van der Waals surface area contributed by atoms with E-state index in [0.717, 1.165) is 17.5 Å². The highest BCUT2D eigenvalue weighted by Gasteiger charge is 2.35. The number of hydrogen-bond donors (Lipinski definition) is 3. The molecule has 164 valence electrons. The number of Topliss-reactive ketones (excluding diaryl/α,β-unsaturated/α-hetero) is 1. The van der Waals surface area contributed by atoms with Gasteiger partial charge in [0.05, 0.1) is 17.6 Å². The van der Waals surface area contributed by atoms with Crippen LogP contribution in [-0.2, 0) is 27.2 Å². The lowest BCUT2D eigenvalue weighted by Gasteiger charge is -2.19. The minimum Gasteiger partial charge on any atom is -0.554 e. The summed E-state index contributed by atoms with van der Waals surface area (Å²) in [5.74, 6) is -1.26. The highest BCUT2D eigenvalue weighted by Crippen LogP contribution is 2.35. The second-order valence-corrected chi connectivity index (χ2v) is 7.53. The Morgan fingerprint density at radius 1 is 1.32 bits per heavy atom.